The summed E-state index contributed by atoms with van der Waals surface area (Å²) in [5.74, 6) is 0.735. The van der Waals surface area contributed by atoms with E-state index < -0.39 is 6.10 Å². The second-order valence-corrected chi connectivity index (χ2v) is 3.76. The zero-order valence-electron chi connectivity index (χ0n) is 10.8. The van der Waals surface area contributed by atoms with Crippen LogP contribution >= 0.6 is 0 Å². The van der Waals surface area contributed by atoms with Gasteiger partial charge in [0.25, 0.3) is 0 Å². The van der Waals surface area contributed by atoms with E-state index >= 15 is 0 Å². The van der Waals surface area contributed by atoms with Gasteiger partial charge in [0.1, 0.15) is 0 Å². The van der Waals surface area contributed by atoms with Crippen molar-refractivity contribution in [3.05, 3.63) is 23.8 Å². The molecule has 1 unspecified atom stereocenters. The van der Waals surface area contributed by atoms with Crippen LogP contribution in [0.1, 0.15) is 25.0 Å². The average molecular weight is 254 g/mol. The van der Waals surface area contributed by atoms with Crippen molar-refractivity contribution in [2.24, 2.45) is 0 Å². The maximum absolute atomic E-state index is 10.9. The molecule has 0 saturated carbocycles. The molecule has 1 N–H and O–H groups in total. The topological polar surface area (TPSA) is 65.0 Å². The molecule has 0 aliphatic carbocycles. The van der Waals surface area contributed by atoms with Crippen molar-refractivity contribution in [2.75, 3.05) is 20.8 Å². The predicted molar refractivity (Wildman–Crippen MR) is 65.8 cm³/mol. The number of rotatable bonds is 6. The first-order valence-electron chi connectivity index (χ1n) is 5.64. The van der Waals surface area contributed by atoms with Crippen LogP contribution in [0.5, 0.6) is 11.5 Å². The van der Waals surface area contributed by atoms with Gasteiger partial charge in [-0.2, -0.15) is 0 Å². The van der Waals surface area contributed by atoms with Crippen LogP contribution in [-0.2, 0) is 9.53 Å². The Bertz CT molecular complexity index is 400. The number of hydrogen-bond donors (Lipinski definition) is 1. The lowest BCUT2D eigenvalue weighted by Gasteiger charge is -2.12. The Morgan fingerprint density at radius 1 is 1.33 bits per heavy atom. The van der Waals surface area contributed by atoms with Gasteiger partial charge in [0.2, 0.25) is 0 Å². The van der Waals surface area contributed by atoms with Gasteiger partial charge >= 0.3 is 5.97 Å². The summed E-state index contributed by atoms with van der Waals surface area (Å²) in [7, 11) is 2.86. The largest absolute Gasteiger partial charge is 0.493 e. The molecule has 0 aliphatic heterocycles. The van der Waals surface area contributed by atoms with Crippen molar-refractivity contribution in [3.63, 3.8) is 0 Å². The normalized spacial score (nSPS) is 11.8. The molecule has 0 spiro atoms. The summed E-state index contributed by atoms with van der Waals surface area (Å²) in [5, 5.41) is 9.46. The van der Waals surface area contributed by atoms with Crippen LogP contribution in [0, 0.1) is 0 Å². The smallest absolute Gasteiger partial charge is 0.308 e. The molecule has 18 heavy (non-hydrogen) atoms. The molecule has 5 nitrogen and oxygen atoms in total. The lowest BCUT2D eigenvalue weighted by Crippen LogP contribution is -2.08. The highest BCUT2D eigenvalue weighted by Gasteiger charge is 2.09. The van der Waals surface area contributed by atoms with Crippen molar-refractivity contribution in [1.29, 1.82) is 0 Å². The molecule has 0 bridgehead atoms. The number of ether oxygens (including phenoxy) is 3. The first-order valence-corrected chi connectivity index (χ1v) is 5.64. The van der Waals surface area contributed by atoms with E-state index in [-0.39, 0.29) is 19.0 Å². The molecule has 0 amide bonds. The molecule has 0 saturated heterocycles. The number of aliphatic hydroxyl groups is 1. The summed E-state index contributed by atoms with van der Waals surface area (Å²) in [6.07, 6.45) is -0.388. The second-order valence-electron chi connectivity index (χ2n) is 3.76. The van der Waals surface area contributed by atoms with E-state index in [2.05, 4.69) is 4.74 Å². The number of carbonyl (C=O) groups excluding carboxylic acids is 1. The molecule has 0 heterocycles. The highest BCUT2D eigenvalue weighted by atomic mass is 16.5. The van der Waals surface area contributed by atoms with Gasteiger partial charge in [0.15, 0.2) is 11.5 Å². The molecule has 0 radical (unpaired) electrons. The molecule has 1 atom stereocenters. The summed E-state index contributed by atoms with van der Waals surface area (Å²) >= 11 is 0. The Morgan fingerprint density at radius 3 is 2.61 bits per heavy atom. The quantitative estimate of drug-likeness (QED) is 0.782. The van der Waals surface area contributed by atoms with E-state index in [9.17, 15) is 9.90 Å². The van der Waals surface area contributed by atoms with E-state index in [1.54, 1.807) is 25.1 Å². The summed E-state index contributed by atoms with van der Waals surface area (Å²) in [6.45, 7) is 1.89. The highest BCUT2D eigenvalue weighted by Crippen LogP contribution is 2.30. The van der Waals surface area contributed by atoms with Gasteiger partial charge in [0.05, 0.1) is 33.4 Å². The first-order chi connectivity index (χ1) is 8.58. The summed E-state index contributed by atoms with van der Waals surface area (Å²) in [4.78, 5) is 10.9. The standard InChI is InChI=1S/C13H18O5/c1-9(14)10-4-5-11(12(8-10)16-2)18-7-6-13(15)17-3/h4-5,8-9,14H,6-7H2,1-3H3. The van der Waals surface area contributed by atoms with Crippen LogP contribution in [-0.4, -0.2) is 31.9 Å². The third kappa shape index (κ3) is 3.92. The SMILES string of the molecule is COC(=O)CCOc1ccc(C(C)O)cc1OC. The summed E-state index contributed by atoms with van der Waals surface area (Å²) in [6, 6.07) is 5.16. The van der Waals surface area contributed by atoms with Crippen LogP contribution < -0.4 is 9.47 Å². The van der Waals surface area contributed by atoms with Crippen molar-refractivity contribution in [1.82, 2.24) is 0 Å². The van der Waals surface area contributed by atoms with Crippen molar-refractivity contribution >= 4 is 5.97 Å². The number of carbonyl (C=O) groups is 1. The summed E-state index contributed by atoms with van der Waals surface area (Å²) < 4.78 is 15.1. The minimum absolute atomic E-state index is 0.178. The lowest BCUT2D eigenvalue weighted by atomic mass is 10.1. The molecule has 0 fully saturated rings. The Morgan fingerprint density at radius 2 is 2.06 bits per heavy atom. The molecule has 5 heteroatoms. The minimum Gasteiger partial charge on any atom is -0.493 e. The van der Waals surface area contributed by atoms with E-state index in [4.69, 9.17) is 9.47 Å². The van der Waals surface area contributed by atoms with Crippen LogP contribution in [0.2, 0.25) is 0 Å². The molecular formula is C13H18O5. The first kappa shape index (κ1) is 14.3. The van der Waals surface area contributed by atoms with Gasteiger partial charge in [-0.1, -0.05) is 6.07 Å². The van der Waals surface area contributed by atoms with E-state index in [1.807, 2.05) is 0 Å². The minimum atomic E-state index is -0.567. The number of methoxy groups -OCH3 is 2. The number of benzene rings is 1. The maximum Gasteiger partial charge on any atom is 0.308 e. The van der Waals surface area contributed by atoms with E-state index in [1.165, 1.54) is 14.2 Å². The Kier molecular flexibility index (Phi) is 5.45. The molecular weight excluding hydrogens is 236 g/mol. The Labute approximate surface area is 106 Å². The highest BCUT2D eigenvalue weighted by molar-refractivity contribution is 5.69. The van der Waals surface area contributed by atoms with Gasteiger partial charge in [-0.3, -0.25) is 4.79 Å². The predicted octanol–water partition coefficient (Wildman–Crippen LogP) is 1.69. The van der Waals surface area contributed by atoms with Crippen molar-refractivity contribution < 1.29 is 24.1 Å². The molecule has 1 aromatic rings. The van der Waals surface area contributed by atoms with E-state index in [0.29, 0.717) is 11.5 Å². The number of esters is 1. The third-order valence-electron chi connectivity index (χ3n) is 2.46. The average Bonchev–Trinajstić information content (AvgIpc) is 2.38. The fourth-order valence-electron chi connectivity index (χ4n) is 1.41. The molecule has 1 aromatic carbocycles. The second kappa shape index (κ2) is 6.86. The number of aliphatic hydroxyl groups excluding tert-OH is 1. The monoisotopic (exact) mass is 254 g/mol. The third-order valence-corrected chi connectivity index (χ3v) is 2.46. The van der Waals surface area contributed by atoms with Gasteiger partial charge < -0.3 is 19.3 Å². The lowest BCUT2D eigenvalue weighted by molar-refractivity contribution is -0.141. The molecule has 0 aromatic heterocycles. The fourth-order valence-corrected chi connectivity index (χ4v) is 1.41. The van der Waals surface area contributed by atoms with Crippen LogP contribution in [0.3, 0.4) is 0 Å². The van der Waals surface area contributed by atoms with Gasteiger partial charge in [0, 0.05) is 0 Å². The maximum atomic E-state index is 10.9. The van der Waals surface area contributed by atoms with Crippen LogP contribution in [0.15, 0.2) is 18.2 Å². The van der Waals surface area contributed by atoms with Crippen LogP contribution in [0.4, 0.5) is 0 Å². The zero-order valence-corrected chi connectivity index (χ0v) is 10.8. The Hall–Kier alpha value is -1.75. The van der Waals surface area contributed by atoms with Gasteiger partial charge in [-0.15, -0.1) is 0 Å². The van der Waals surface area contributed by atoms with Gasteiger partial charge in [-0.25, -0.2) is 0 Å². The van der Waals surface area contributed by atoms with E-state index in [0.717, 1.165) is 5.56 Å². The van der Waals surface area contributed by atoms with Crippen LogP contribution in [0.25, 0.3) is 0 Å². The zero-order chi connectivity index (χ0) is 13.5. The number of hydrogen-bond acceptors (Lipinski definition) is 5. The van der Waals surface area contributed by atoms with Crippen molar-refractivity contribution in [2.45, 2.75) is 19.4 Å². The molecule has 100 valence electrons. The molecule has 1 rings (SSSR count). The Balaban J connectivity index is 2.68. The molecule has 0 aliphatic rings. The fraction of sp³-hybridized carbons (Fsp3) is 0.462. The van der Waals surface area contributed by atoms with Crippen molar-refractivity contribution in [3.8, 4) is 11.5 Å². The van der Waals surface area contributed by atoms with Gasteiger partial charge in [-0.05, 0) is 24.6 Å². The summed E-state index contributed by atoms with van der Waals surface area (Å²) in [5.41, 5.74) is 0.743.